The number of carbonyl (C=O) groups excluding carboxylic acids is 1. The lowest BCUT2D eigenvalue weighted by molar-refractivity contribution is 0.256. The number of amides is 2. The van der Waals surface area contributed by atoms with E-state index in [0.29, 0.717) is 18.2 Å². The fourth-order valence-electron chi connectivity index (χ4n) is 3.00. The van der Waals surface area contributed by atoms with E-state index in [1.807, 2.05) is 53.7 Å². The molecule has 2 aromatic rings. The van der Waals surface area contributed by atoms with Gasteiger partial charge in [-0.2, -0.15) is 0 Å². The van der Waals surface area contributed by atoms with Gasteiger partial charge in [0.15, 0.2) is 0 Å². The zero-order valence-electron chi connectivity index (χ0n) is 18.4. The van der Waals surface area contributed by atoms with Crippen molar-refractivity contribution in [2.24, 2.45) is 0 Å². The Morgan fingerprint density at radius 1 is 1.03 bits per heavy atom. The van der Waals surface area contributed by atoms with Gasteiger partial charge in [-0.1, -0.05) is 52.3 Å². The lowest BCUT2D eigenvalue weighted by Gasteiger charge is -2.21. The predicted molar refractivity (Wildman–Crippen MR) is 120 cm³/mol. The SMILES string of the molecule is CCCNc1ncc(S(=O)(=O)NC(=O)Nc2c(C(C)C)cc(C)cc2C(C)C)cn1. The van der Waals surface area contributed by atoms with Crippen molar-refractivity contribution in [2.75, 3.05) is 17.2 Å². The summed E-state index contributed by atoms with van der Waals surface area (Å²) < 4.78 is 27.2. The topological polar surface area (TPSA) is 113 Å². The molecule has 164 valence electrons. The number of nitrogens with one attached hydrogen (secondary N) is 3. The second-order valence-electron chi connectivity index (χ2n) is 7.86. The van der Waals surface area contributed by atoms with Gasteiger partial charge in [-0.15, -0.1) is 0 Å². The summed E-state index contributed by atoms with van der Waals surface area (Å²) in [6, 6.07) is 3.20. The first-order valence-corrected chi connectivity index (χ1v) is 11.6. The fraction of sp³-hybridized carbons (Fsp3) is 0.476. The van der Waals surface area contributed by atoms with Crippen LogP contribution in [0.25, 0.3) is 0 Å². The molecule has 0 saturated heterocycles. The Hall–Kier alpha value is -2.68. The highest BCUT2D eigenvalue weighted by molar-refractivity contribution is 7.90. The largest absolute Gasteiger partial charge is 0.354 e. The van der Waals surface area contributed by atoms with Crippen LogP contribution in [0.4, 0.5) is 16.4 Å². The van der Waals surface area contributed by atoms with Gasteiger partial charge in [0.05, 0.1) is 12.4 Å². The Morgan fingerprint density at radius 2 is 1.57 bits per heavy atom. The Labute approximate surface area is 179 Å². The molecule has 0 spiro atoms. The maximum Gasteiger partial charge on any atom is 0.333 e. The van der Waals surface area contributed by atoms with Crippen molar-refractivity contribution >= 4 is 27.7 Å². The molecule has 9 heteroatoms. The summed E-state index contributed by atoms with van der Waals surface area (Å²) >= 11 is 0. The quantitative estimate of drug-likeness (QED) is 0.570. The number of carbonyl (C=O) groups is 1. The van der Waals surface area contributed by atoms with Gasteiger partial charge < -0.3 is 10.6 Å². The molecule has 0 saturated carbocycles. The molecular formula is C21H31N5O3S. The maximum absolute atomic E-state index is 12.6. The van der Waals surface area contributed by atoms with E-state index in [4.69, 9.17) is 0 Å². The summed E-state index contributed by atoms with van der Waals surface area (Å²) in [7, 11) is -4.11. The molecule has 0 aliphatic carbocycles. The van der Waals surface area contributed by atoms with Crippen LogP contribution >= 0.6 is 0 Å². The van der Waals surface area contributed by atoms with Gasteiger partial charge in [0.2, 0.25) is 5.95 Å². The molecule has 1 aromatic heterocycles. The highest BCUT2D eigenvalue weighted by atomic mass is 32.2. The number of urea groups is 1. The Morgan fingerprint density at radius 3 is 2.03 bits per heavy atom. The molecule has 0 atom stereocenters. The number of sulfonamides is 1. The molecule has 3 N–H and O–H groups in total. The van der Waals surface area contributed by atoms with E-state index < -0.39 is 16.1 Å². The summed E-state index contributed by atoms with van der Waals surface area (Å²) in [5, 5.41) is 5.72. The van der Waals surface area contributed by atoms with Gasteiger partial charge in [0.1, 0.15) is 4.90 Å². The number of aromatic nitrogens is 2. The first-order valence-electron chi connectivity index (χ1n) is 10.1. The molecule has 0 aliphatic rings. The van der Waals surface area contributed by atoms with E-state index in [0.717, 1.165) is 23.1 Å². The van der Waals surface area contributed by atoms with E-state index in [2.05, 4.69) is 25.3 Å². The van der Waals surface area contributed by atoms with Gasteiger partial charge in [-0.25, -0.2) is 27.9 Å². The van der Waals surface area contributed by atoms with Crippen LogP contribution in [0.2, 0.25) is 0 Å². The van der Waals surface area contributed by atoms with Crippen molar-refractivity contribution in [1.82, 2.24) is 14.7 Å². The normalized spacial score (nSPS) is 11.6. The number of benzene rings is 1. The van der Waals surface area contributed by atoms with Crippen LogP contribution in [-0.2, 0) is 10.0 Å². The van der Waals surface area contributed by atoms with Crippen LogP contribution in [0.5, 0.6) is 0 Å². The average molecular weight is 434 g/mol. The van der Waals surface area contributed by atoms with E-state index in [-0.39, 0.29) is 16.7 Å². The number of rotatable bonds is 8. The van der Waals surface area contributed by atoms with Crippen molar-refractivity contribution in [2.45, 2.75) is 64.7 Å². The minimum Gasteiger partial charge on any atom is -0.354 e. The molecule has 0 aliphatic heterocycles. The first-order chi connectivity index (χ1) is 14.0. The minimum absolute atomic E-state index is 0.158. The number of anilines is 2. The number of hydrogen-bond acceptors (Lipinski definition) is 6. The third-order valence-corrected chi connectivity index (χ3v) is 5.81. The molecule has 2 amide bonds. The highest BCUT2D eigenvalue weighted by Gasteiger charge is 2.22. The predicted octanol–water partition coefficient (Wildman–Crippen LogP) is 4.36. The zero-order valence-corrected chi connectivity index (χ0v) is 19.2. The maximum atomic E-state index is 12.6. The van der Waals surface area contributed by atoms with Crippen LogP contribution in [0.1, 0.15) is 69.6 Å². The van der Waals surface area contributed by atoms with Crippen molar-refractivity contribution in [3.05, 3.63) is 41.2 Å². The minimum atomic E-state index is -4.11. The molecule has 0 fully saturated rings. The molecular weight excluding hydrogens is 402 g/mol. The molecule has 2 rings (SSSR count). The van der Waals surface area contributed by atoms with Crippen LogP contribution in [0, 0.1) is 6.92 Å². The van der Waals surface area contributed by atoms with Crippen molar-refractivity contribution in [1.29, 1.82) is 0 Å². The van der Waals surface area contributed by atoms with Gasteiger partial charge in [-0.3, -0.25) is 0 Å². The standard InChI is InChI=1S/C21H31N5O3S/c1-7-8-22-20-23-11-16(12-24-20)30(28,29)26-21(27)25-19-17(13(2)3)9-15(6)10-18(19)14(4)5/h9-14H,7-8H2,1-6H3,(H,22,23,24)(H2,25,26,27). The third kappa shape index (κ3) is 5.91. The van der Waals surface area contributed by atoms with Crippen molar-refractivity contribution in [3.63, 3.8) is 0 Å². The molecule has 0 unspecified atom stereocenters. The monoisotopic (exact) mass is 433 g/mol. The molecule has 0 bridgehead atoms. The second kappa shape index (κ2) is 9.88. The number of hydrogen-bond donors (Lipinski definition) is 3. The summed E-state index contributed by atoms with van der Waals surface area (Å²) in [5.41, 5.74) is 3.66. The Balaban J connectivity index is 2.24. The van der Waals surface area contributed by atoms with Crippen LogP contribution < -0.4 is 15.4 Å². The van der Waals surface area contributed by atoms with Crippen molar-refractivity contribution < 1.29 is 13.2 Å². The van der Waals surface area contributed by atoms with E-state index in [1.165, 1.54) is 12.4 Å². The Kier molecular flexibility index (Phi) is 7.77. The average Bonchev–Trinajstić information content (AvgIpc) is 2.66. The number of aryl methyl sites for hydroxylation is 1. The van der Waals surface area contributed by atoms with E-state index >= 15 is 0 Å². The Bertz CT molecular complexity index is 957. The number of nitrogens with zero attached hydrogens (tertiary/aromatic N) is 2. The third-order valence-electron chi connectivity index (χ3n) is 4.52. The van der Waals surface area contributed by atoms with Crippen LogP contribution in [-0.4, -0.2) is 31.0 Å². The molecule has 30 heavy (non-hydrogen) atoms. The molecule has 0 radical (unpaired) electrons. The summed E-state index contributed by atoms with van der Waals surface area (Å²) in [4.78, 5) is 20.4. The zero-order chi connectivity index (χ0) is 22.5. The summed E-state index contributed by atoms with van der Waals surface area (Å²) in [5.74, 6) is 0.653. The van der Waals surface area contributed by atoms with Crippen LogP contribution in [0.15, 0.2) is 29.4 Å². The highest BCUT2D eigenvalue weighted by Crippen LogP contribution is 2.33. The van der Waals surface area contributed by atoms with Gasteiger partial charge >= 0.3 is 6.03 Å². The van der Waals surface area contributed by atoms with Gasteiger partial charge in [0.25, 0.3) is 10.0 Å². The van der Waals surface area contributed by atoms with Crippen molar-refractivity contribution in [3.8, 4) is 0 Å². The molecule has 1 heterocycles. The molecule has 8 nitrogen and oxygen atoms in total. The van der Waals surface area contributed by atoms with Gasteiger partial charge in [-0.05, 0) is 36.3 Å². The van der Waals surface area contributed by atoms with Gasteiger partial charge in [0, 0.05) is 12.2 Å². The van der Waals surface area contributed by atoms with Crippen LogP contribution in [0.3, 0.4) is 0 Å². The smallest absolute Gasteiger partial charge is 0.333 e. The first kappa shape index (κ1) is 23.6. The second-order valence-corrected chi connectivity index (χ2v) is 9.54. The van der Waals surface area contributed by atoms with E-state index in [9.17, 15) is 13.2 Å². The lowest BCUT2D eigenvalue weighted by atomic mass is 9.90. The summed E-state index contributed by atoms with van der Waals surface area (Å²) in [6.45, 7) is 12.8. The fourth-order valence-corrected chi connectivity index (χ4v) is 3.80. The summed E-state index contributed by atoms with van der Waals surface area (Å²) in [6.07, 6.45) is 3.23. The lowest BCUT2D eigenvalue weighted by Crippen LogP contribution is -2.35. The molecule has 1 aromatic carbocycles. The van der Waals surface area contributed by atoms with E-state index in [1.54, 1.807) is 0 Å².